The van der Waals surface area contributed by atoms with Gasteiger partial charge in [-0.25, -0.2) is 0 Å². The molecule has 7 nitrogen and oxygen atoms in total. The minimum atomic E-state index is -0.706. The Morgan fingerprint density at radius 3 is 2.35 bits per heavy atom. The molecule has 3 aliphatic rings. The summed E-state index contributed by atoms with van der Waals surface area (Å²) >= 11 is 1.62. The summed E-state index contributed by atoms with van der Waals surface area (Å²) in [7, 11) is 0. The molecule has 3 heterocycles. The minimum Gasteiger partial charge on any atom is -0.367 e. The van der Waals surface area contributed by atoms with Gasteiger partial charge in [-0.05, 0) is 81.5 Å². The molecule has 3 aliphatic heterocycles. The SMILES string of the molecule is CS[C@H]1CN(C(=O)C(CC(C)(C)C)NC(=O)c2ccc(C3CCN(C(C)C)CC3)cc2)[C@@H]2C(=O)CO[C@H]12. The molecule has 3 fully saturated rings. The third kappa shape index (κ3) is 6.40. The number of likely N-dealkylation sites (tertiary alicyclic amines) is 2. The van der Waals surface area contributed by atoms with Crippen LogP contribution in [0.2, 0.25) is 0 Å². The Kier molecular flexibility index (Phi) is 8.71. The maximum atomic E-state index is 13.8. The molecule has 37 heavy (non-hydrogen) atoms. The first kappa shape index (κ1) is 28.1. The van der Waals surface area contributed by atoms with Crippen molar-refractivity contribution < 1.29 is 19.1 Å². The van der Waals surface area contributed by atoms with E-state index in [0.717, 1.165) is 25.9 Å². The lowest BCUT2D eigenvalue weighted by atomic mass is 9.87. The molecular formula is C29H43N3O4S. The number of ether oxygens (including phenoxy) is 1. The predicted octanol–water partition coefficient (Wildman–Crippen LogP) is 3.72. The van der Waals surface area contributed by atoms with Crippen LogP contribution < -0.4 is 5.32 Å². The summed E-state index contributed by atoms with van der Waals surface area (Å²) in [5.41, 5.74) is 1.64. The molecule has 4 atom stereocenters. The number of carbonyl (C=O) groups is 3. The van der Waals surface area contributed by atoms with E-state index in [1.165, 1.54) is 5.56 Å². The Balaban J connectivity index is 1.45. The first-order valence-electron chi connectivity index (χ1n) is 13.6. The van der Waals surface area contributed by atoms with Crippen molar-refractivity contribution in [1.82, 2.24) is 15.1 Å². The van der Waals surface area contributed by atoms with E-state index in [9.17, 15) is 14.4 Å². The zero-order chi connectivity index (χ0) is 26.9. The molecule has 3 saturated heterocycles. The van der Waals surface area contributed by atoms with Gasteiger partial charge in [0.1, 0.15) is 18.7 Å². The number of Topliss-reactive ketones (excluding diaryl/α,β-unsaturated/α-hetero) is 1. The van der Waals surface area contributed by atoms with E-state index in [1.807, 2.05) is 18.4 Å². The highest BCUT2D eigenvalue weighted by molar-refractivity contribution is 7.99. The van der Waals surface area contributed by atoms with Crippen LogP contribution in [0.25, 0.3) is 0 Å². The van der Waals surface area contributed by atoms with E-state index in [1.54, 1.807) is 16.7 Å². The van der Waals surface area contributed by atoms with Gasteiger partial charge in [0.05, 0.1) is 11.4 Å². The molecule has 2 amide bonds. The van der Waals surface area contributed by atoms with E-state index < -0.39 is 12.1 Å². The lowest BCUT2D eigenvalue weighted by Crippen LogP contribution is -2.53. The second-order valence-electron chi connectivity index (χ2n) is 12.3. The molecule has 0 aromatic heterocycles. The second kappa shape index (κ2) is 11.5. The van der Waals surface area contributed by atoms with Crippen molar-refractivity contribution in [3.8, 4) is 0 Å². The molecule has 0 bridgehead atoms. The van der Waals surface area contributed by atoms with Gasteiger partial charge >= 0.3 is 0 Å². The van der Waals surface area contributed by atoms with Crippen molar-refractivity contribution in [2.24, 2.45) is 5.41 Å². The summed E-state index contributed by atoms with van der Waals surface area (Å²) in [6.07, 6.45) is 4.45. The molecule has 204 valence electrons. The first-order valence-corrected chi connectivity index (χ1v) is 14.9. The maximum Gasteiger partial charge on any atom is 0.251 e. The van der Waals surface area contributed by atoms with Crippen LogP contribution in [0.4, 0.5) is 0 Å². The largest absolute Gasteiger partial charge is 0.367 e. The van der Waals surface area contributed by atoms with Crippen molar-refractivity contribution in [2.75, 3.05) is 32.5 Å². The lowest BCUT2D eigenvalue weighted by Gasteiger charge is -2.34. The van der Waals surface area contributed by atoms with Crippen molar-refractivity contribution in [2.45, 2.75) is 89.3 Å². The Morgan fingerprint density at radius 1 is 1.14 bits per heavy atom. The molecule has 0 aliphatic carbocycles. The van der Waals surface area contributed by atoms with Crippen molar-refractivity contribution in [1.29, 1.82) is 0 Å². The Hall–Kier alpha value is -1.90. The van der Waals surface area contributed by atoms with Gasteiger partial charge in [0.2, 0.25) is 5.91 Å². The number of amides is 2. The van der Waals surface area contributed by atoms with Crippen LogP contribution >= 0.6 is 11.8 Å². The topological polar surface area (TPSA) is 79.0 Å². The molecule has 1 aromatic carbocycles. The quantitative estimate of drug-likeness (QED) is 0.580. The number of ketones is 1. The fourth-order valence-electron chi connectivity index (χ4n) is 5.96. The number of nitrogens with zero attached hydrogens (tertiary/aromatic N) is 2. The zero-order valence-electron chi connectivity index (χ0n) is 23.2. The number of hydrogen-bond acceptors (Lipinski definition) is 6. The Bertz CT molecular complexity index is 982. The molecule has 8 heteroatoms. The van der Waals surface area contributed by atoms with Crippen LogP contribution in [0.5, 0.6) is 0 Å². The van der Waals surface area contributed by atoms with Gasteiger partial charge < -0.3 is 19.9 Å². The van der Waals surface area contributed by atoms with Crippen LogP contribution in [0.3, 0.4) is 0 Å². The summed E-state index contributed by atoms with van der Waals surface area (Å²) in [4.78, 5) is 43.8. The van der Waals surface area contributed by atoms with E-state index in [2.05, 4.69) is 57.0 Å². The van der Waals surface area contributed by atoms with Gasteiger partial charge in [-0.3, -0.25) is 14.4 Å². The number of carbonyl (C=O) groups excluding carboxylic acids is 3. The monoisotopic (exact) mass is 529 g/mol. The molecule has 1 aromatic rings. The molecule has 0 radical (unpaired) electrons. The molecule has 0 saturated carbocycles. The van der Waals surface area contributed by atoms with E-state index >= 15 is 0 Å². The summed E-state index contributed by atoms with van der Waals surface area (Å²) in [6.45, 7) is 13.4. The third-order valence-corrected chi connectivity index (χ3v) is 9.07. The summed E-state index contributed by atoms with van der Waals surface area (Å²) in [5.74, 6) is 0.0173. The normalized spacial score (nSPS) is 26.0. The van der Waals surface area contributed by atoms with Gasteiger partial charge in [-0.2, -0.15) is 11.8 Å². The highest BCUT2D eigenvalue weighted by atomic mass is 32.2. The number of nitrogens with one attached hydrogen (secondary N) is 1. The summed E-state index contributed by atoms with van der Waals surface area (Å²) in [5, 5.41) is 3.08. The highest BCUT2D eigenvalue weighted by Crippen LogP contribution is 2.35. The minimum absolute atomic E-state index is 0.0504. The van der Waals surface area contributed by atoms with Gasteiger partial charge in [0.25, 0.3) is 5.91 Å². The maximum absolute atomic E-state index is 13.8. The van der Waals surface area contributed by atoms with Crippen molar-refractivity contribution in [3.63, 3.8) is 0 Å². The Labute approximate surface area is 226 Å². The molecule has 1 N–H and O–H groups in total. The van der Waals surface area contributed by atoms with Crippen LogP contribution in [-0.4, -0.2) is 89.4 Å². The lowest BCUT2D eigenvalue weighted by molar-refractivity contribution is -0.138. The number of hydrogen-bond donors (Lipinski definition) is 1. The number of rotatable bonds is 7. The number of piperidine rings is 1. The van der Waals surface area contributed by atoms with Crippen molar-refractivity contribution in [3.05, 3.63) is 35.4 Å². The van der Waals surface area contributed by atoms with Gasteiger partial charge in [-0.15, -0.1) is 0 Å². The summed E-state index contributed by atoms with van der Waals surface area (Å²) in [6, 6.07) is 7.20. The first-order chi connectivity index (χ1) is 17.5. The van der Waals surface area contributed by atoms with Gasteiger partial charge in [0, 0.05) is 18.2 Å². The van der Waals surface area contributed by atoms with Crippen molar-refractivity contribution >= 4 is 29.4 Å². The average Bonchev–Trinajstić information content (AvgIpc) is 3.42. The third-order valence-electron chi connectivity index (χ3n) is 8.05. The zero-order valence-corrected chi connectivity index (χ0v) is 24.0. The fraction of sp³-hybridized carbons (Fsp3) is 0.690. The number of thioether (sulfide) groups is 1. The molecule has 0 spiro atoms. The molecular weight excluding hydrogens is 486 g/mol. The van der Waals surface area contributed by atoms with Crippen LogP contribution in [0.1, 0.15) is 75.7 Å². The van der Waals surface area contributed by atoms with E-state index in [4.69, 9.17) is 4.74 Å². The van der Waals surface area contributed by atoms with Crippen LogP contribution in [-0.2, 0) is 14.3 Å². The van der Waals surface area contributed by atoms with E-state index in [0.29, 0.717) is 30.5 Å². The van der Waals surface area contributed by atoms with Gasteiger partial charge in [-0.1, -0.05) is 32.9 Å². The standard InChI is InChI=1S/C29H43N3O4S/c1-18(2)31-13-11-20(12-14-31)19-7-9-21(10-8-19)27(34)30-22(15-29(3,4)5)28(35)32-16-24(37-6)26-25(32)23(33)17-36-26/h7-10,18,20,22,24-26H,11-17H2,1-6H3,(H,30,34)/t22?,24-,25+,26+/m0/s1. The molecule has 4 rings (SSSR count). The van der Waals surface area contributed by atoms with Crippen LogP contribution in [0, 0.1) is 5.41 Å². The number of benzene rings is 1. The Morgan fingerprint density at radius 2 is 1.78 bits per heavy atom. The predicted molar refractivity (Wildman–Crippen MR) is 148 cm³/mol. The highest BCUT2D eigenvalue weighted by Gasteiger charge is 2.53. The average molecular weight is 530 g/mol. The van der Waals surface area contributed by atoms with Crippen LogP contribution in [0.15, 0.2) is 24.3 Å². The second-order valence-corrected chi connectivity index (χ2v) is 13.3. The van der Waals surface area contributed by atoms with E-state index in [-0.39, 0.29) is 41.0 Å². The van der Waals surface area contributed by atoms with Gasteiger partial charge in [0.15, 0.2) is 5.78 Å². The fourth-order valence-corrected chi connectivity index (χ4v) is 6.76. The number of fused-ring (bicyclic) bond motifs is 1. The smallest absolute Gasteiger partial charge is 0.251 e. The summed E-state index contributed by atoms with van der Waals surface area (Å²) < 4.78 is 5.73. The molecule has 1 unspecified atom stereocenters.